The van der Waals surface area contributed by atoms with Gasteiger partial charge in [0.25, 0.3) is 0 Å². The van der Waals surface area contributed by atoms with E-state index in [0.717, 1.165) is 0 Å². The van der Waals surface area contributed by atoms with Gasteiger partial charge in [-0.2, -0.15) is 0 Å². The van der Waals surface area contributed by atoms with Crippen LogP contribution in [-0.2, 0) is 0 Å². The number of hydrogen-bond donors (Lipinski definition) is 2. The van der Waals surface area contributed by atoms with Crippen molar-refractivity contribution in [3.05, 3.63) is 0 Å². The number of rotatable bonds is 1. The molecule has 0 unspecified atom stereocenters. The maximum absolute atomic E-state index is 8.93. The Balaban J connectivity index is 1.84. The Kier molecular flexibility index (Phi) is 1.90. The van der Waals surface area contributed by atoms with Gasteiger partial charge in [0, 0.05) is 12.1 Å². The van der Waals surface area contributed by atoms with E-state index in [-0.39, 0.29) is 0 Å². The summed E-state index contributed by atoms with van der Waals surface area (Å²) >= 11 is 0. The number of aliphatic hydroxyl groups is 1. The molecular formula is C9H17NO. The SMILES string of the molecule is OCC1CCC2(CCN2)CC1. The molecule has 2 rings (SSSR count). The minimum Gasteiger partial charge on any atom is -0.396 e. The monoisotopic (exact) mass is 155 g/mol. The fourth-order valence-electron chi connectivity index (χ4n) is 2.32. The van der Waals surface area contributed by atoms with Gasteiger partial charge in [0.1, 0.15) is 0 Å². The maximum Gasteiger partial charge on any atom is 0.0459 e. The van der Waals surface area contributed by atoms with E-state index >= 15 is 0 Å². The van der Waals surface area contributed by atoms with Crippen LogP contribution in [-0.4, -0.2) is 23.8 Å². The van der Waals surface area contributed by atoms with Gasteiger partial charge in [-0.3, -0.25) is 0 Å². The third-order valence-corrected chi connectivity index (χ3v) is 3.42. The summed E-state index contributed by atoms with van der Waals surface area (Å²) in [6.45, 7) is 1.61. The average molecular weight is 155 g/mol. The van der Waals surface area contributed by atoms with E-state index in [4.69, 9.17) is 5.11 Å². The Bertz CT molecular complexity index is 132. The summed E-state index contributed by atoms with van der Waals surface area (Å²) in [5.74, 6) is 0.600. The summed E-state index contributed by atoms with van der Waals surface area (Å²) in [6.07, 6.45) is 6.40. The molecule has 0 bridgehead atoms. The zero-order valence-corrected chi connectivity index (χ0v) is 6.97. The van der Waals surface area contributed by atoms with Crippen molar-refractivity contribution in [2.45, 2.75) is 37.6 Å². The molecule has 2 nitrogen and oxygen atoms in total. The van der Waals surface area contributed by atoms with E-state index in [0.29, 0.717) is 18.1 Å². The Morgan fingerprint density at radius 1 is 1.27 bits per heavy atom. The molecule has 1 saturated heterocycles. The maximum atomic E-state index is 8.93. The molecule has 2 aliphatic rings. The van der Waals surface area contributed by atoms with Crippen molar-refractivity contribution < 1.29 is 5.11 Å². The van der Waals surface area contributed by atoms with E-state index in [1.54, 1.807) is 0 Å². The van der Waals surface area contributed by atoms with Crippen molar-refractivity contribution in [2.75, 3.05) is 13.2 Å². The first kappa shape index (κ1) is 7.56. The zero-order valence-electron chi connectivity index (χ0n) is 6.97. The topological polar surface area (TPSA) is 32.3 Å². The summed E-state index contributed by atoms with van der Waals surface area (Å²) in [4.78, 5) is 0. The molecule has 11 heavy (non-hydrogen) atoms. The first-order chi connectivity index (χ1) is 5.35. The summed E-state index contributed by atoms with van der Waals surface area (Å²) in [5.41, 5.74) is 0.520. The average Bonchev–Trinajstić information content (AvgIpc) is 2.02. The number of hydrogen-bond acceptors (Lipinski definition) is 2. The van der Waals surface area contributed by atoms with Gasteiger partial charge in [-0.1, -0.05) is 0 Å². The Morgan fingerprint density at radius 3 is 2.27 bits per heavy atom. The van der Waals surface area contributed by atoms with Gasteiger partial charge in [-0.15, -0.1) is 0 Å². The smallest absolute Gasteiger partial charge is 0.0459 e. The lowest BCUT2D eigenvalue weighted by atomic mass is 9.71. The van der Waals surface area contributed by atoms with Crippen molar-refractivity contribution >= 4 is 0 Å². The second-order valence-electron chi connectivity index (χ2n) is 4.08. The van der Waals surface area contributed by atoms with Crippen LogP contribution in [0.2, 0.25) is 0 Å². The van der Waals surface area contributed by atoms with Crippen LogP contribution in [0, 0.1) is 5.92 Å². The molecule has 0 aromatic heterocycles. The van der Waals surface area contributed by atoms with Crippen molar-refractivity contribution in [3.63, 3.8) is 0 Å². The molecule has 1 spiro atoms. The Hall–Kier alpha value is -0.0800. The lowest BCUT2D eigenvalue weighted by molar-refractivity contribution is 0.0901. The van der Waals surface area contributed by atoms with Gasteiger partial charge in [-0.05, 0) is 44.6 Å². The van der Waals surface area contributed by atoms with E-state index in [1.165, 1.54) is 38.6 Å². The quantitative estimate of drug-likeness (QED) is 0.589. The molecule has 1 saturated carbocycles. The molecule has 0 aromatic carbocycles. The van der Waals surface area contributed by atoms with E-state index in [2.05, 4.69) is 5.32 Å². The number of nitrogens with one attached hydrogen (secondary N) is 1. The fourth-order valence-corrected chi connectivity index (χ4v) is 2.32. The molecule has 64 valence electrons. The lowest BCUT2D eigenvalue weighted by Gasteiger charge is -2.47. The molecule has 0 amide bonds. The van der Waals surface area contributed by atoms with Gasteiger partial charge >= 0.3 is 0 Å². The Labute approximate surface area is 68.0 Å². The van der Waals surface area contributed by atoms with Crippen LogP contribution in [0.5, 0.6) is 0 Å². The van der Waals surface area contributed by atoms with Crippen LogP contribution in [0.4, 0.5) is 0 Å². The van der Waals surface area contributed by atoms with Gasteiger partial charge in [-0.25, -0.2) is 0 Å². The van der Waals surface area contributed by atoms with E-state index in [9.17, 15) is 0 Å². The summed E-state index contributed by atoms with van der Waals surface area (Å²) in [6, 6.07) is 0. The first-order valence-corrected chi connectivity index (χ1v) is 4.71. The number of aliphatic hydroxyl groups excluding tert-OH is 1. The molecule has 0 radical (unpaired) electrons. The predicted octanol–water partition coefficient (Wildman–Crippen LogP) is 0.901. The molecule has 2 heteroatoms. The van der Waals surface area contributed by atoms with Gasteiger partial charge < -0.3 is 10.4 Å². The lowest BCUT2D eigenvalue weighted by Crippen LogP contribution is -2.58. The highest BCUT2D eigenvalue weighted by molar-refractivity contribution is 4.99. The van der Waals surface area contributed by atoms with Crippen LogP contribution in [0.15, 0.2) is 0 Å². The summed E-state index contributed by atoms with van der Waals surface area (Å²) in [7, 11) is 0. The van der Waals surface area contributed by atoms with Crippen LogP contribution in [0.25, 0.3) is 0 Å². The molecule has 0 atom stereocenters. The fraction of sp³-hybridized carbons (Fsp3) is 1.00. The highest BCUT2D eigenvalue weighted by Crippen LogP contribution is 2.37. The van der Waals surface area contributed by atoms with Crippen molar-refractivity contribution in [3.8, 4) is 0 Å². The second kappa shape index (κ2) is 2.76. The predicted molar refractivity (Wildman–Crippen MR) is 44.4 cm³/mol. The summed E-state index contributed by atoms with van der Waals surface area (Å²) < 4.78 is 0. The van der Waals surface area contributed by atoms with Crippen LogP contribution in [0.3, 0.4) is 0 Å². The van der Waals surface area contributed by atoms with Crippen LogP contribution >= 0.6 is 0 Å². The van der Waals surface area contributed by atoms with E-state index < -0.39 is 0 Å². The minimum absolute atomic E-state index is 0.399. The highest BCUT2D eigenvalue weighted by atomic mass is 16.3. The van der Waals surface area contributed by atoms with Crippen LogP contribution < -0.4 is 5.32 Å². The Morgan fingerprint density at radius 2 is 1.91 bits per heavy atom. The first-order valence-electron chi connectivity index (χ1n) is 4.71. The largest absolute Gasteiger partial charge is 0.396 e. The molecule has 1 aliphatic carbocycles. The minimum atomic E-state index is 0.399. The van der Waals surface area contributed by atoms with Gasteiger partial charge in [0.2, 0.25) is 0 Å². The highest BCUT2D eigenvalue weighted by Gasteiger charge is 2.39. The summed E-state index contributed by atoms with van der Waals surface area (Å²) in [5, 5.41) is 12.5. The molecule has 0 aromatic rings. The standard InChI is InChI=1S/C9H17NO/c11-7-8-1-3-9(4-2-8)5-6-10-9/h8,10-11H,1-7H2. The third kappa shape index (κ3) is 1.30. The van der Waals surface area contributed by atoms with Crippen molar-refractivity contribution in [1.29, 1.82) is 0 Å². The zero-order chi connectivity index (χ0) is 7.73. The molecule has 1 heterocycles. The van der Waals surface area contributed by atoms with Gasteiger partial charge in [0.05, 0.1) is 0 Å². The van der Waals surface area contributed by atoms with Gasteiger partial charge in [0.15, 0.2) is 0 Å². The molecule has 2 N–H and O–H groups in total. The van der Waals surface area contributed by atoms with Crippen molar-refractivity contribution in [2.24, 2.45) is 5.92 Å². The second-order valence-corrected chi connectivity index (χ2v) is 4.08. The third-order valence-electron chi connectivity index (χ3n) is 3.42. The van der Waals surface area contributed by atoms with Crippen LogP contribution in [0.1, 0.15) is 32.1 Å². The molecule has 1 aliphatic heterocycles. The normalized spacial score (nSPS) is 43.9. The molecule has 2 fully saturated rings. The van der Waals surface area contributed by atoms with Crippen molar-refractivity contribution in [1.82, 2.24) is 5.32 Å². The van der Waals surface area contributed by atoms with E-state index in [1.807, 2.05) is 0 Å². The molecular weight excluding hydrogens is 138 g/mol.